The van der Waals surface area contributed by atoms with Gasteiger partial charge in [-0.2, -0.15) is 0 Å². The number of para-hydroxylation sites is 1. The number of aliphatic hydroxyl groups is 1. The average Bonchev–Trinajstić information content (AvgIpc) is 2.31. The predicted molar refractivity (Wildman–Crippen MR) is 67.2 cm³/mol. The molecule has 1 aliphatic rings. The zero-order valence-electron chi connectivity index (χ0n) is 9.27. The molecule has 1 fully saturated rings. The molecule has 1 aromatic rings. The Bertz CT molecular complexity index is 338. The van der Waals surface area contributed by atoms with E-state index in [1.165, 1.54) is 0 Å². The number of β-amino-alcohol motifs (C(OH)–C–C–N with tert-alkyl or cyclic N) is 1. The summed E-state index contributed by atoms with van der Waals surface area (Å²) in [6.45, 7) is 4.95. The van der Waals surface area contributed by atoms with Crippen molar-refractivity contribution in [3.05, 3.63) is 29.3 Å². The second kappa shape index (κ2) is 5.53. The molecule has 1 aliphatic heterocycles. The summed E-state index contributed by atoms with van der Waals surface area (Å²) in [7, 11) is 0. The zero-order chi connectivity index (χ0) is 11.4. The highest BCUT2D eigenvalue weighted by Crippen LogP contribution is 2.25. The number of halogens is 1. The van der Waals surface area contributed by atoms with Crippen LogP contribution in [0.4, 0.5) is 5.69 Å². The Balaban J connectivity index is 1.96. The SMILES string of the molecule is OCCN1CCN(c2ccccc2Cl)CC1. The number of piperazine rings is 1. The fourth-order valence-electron chi connectivity index (χ4n) is 2.06. The molecule has 1 heterocycles. The van der Waals surface area contributed by atoms with Crippen LogP contribution in [-0.2, 0) is 0 Å². The summed E-state index contributed by atoms with van der Waals surface area (Å²) in [5, 5.41) is 9.69. The molecule has 0 amide bonds. The minimum atomic E-state index is 0.242. The van der Waals surface area contributed by atoms with E-state index in [2.05, 4.69) is 15.9 Å². The van der Waals surface area contributed by atoms with Crippen molar-refractivity contribution in [3.63, 3.8) is 0 Å². The van der Waals surface area contributed by atoms with E-state index in [4.69, 9.17) is 16.7 Å². The normalized spacial score (nSPS) is 17.8. The van der Waals surface area contributed by atoms with Crippen LogP contribution in [0.3, 0.4) is 0 Å². The van der Waals surface area contributed by atoms with Crippen molar-refractivity contribution in [1.29, 1.82) is 0 Å². The van der Waals surface area contributed by atoms with Crippen LogP contribution in [0.1, 0.15) is 0 Å². The second-order valence-corrected chi connectivity index (χ2v) is 4.41. The summed E-state index contributed by atoms with van der Waals surface area (Å²) < 4.78 is 0. The fourth-order valence-corrected chi connectivity index (χ4v) is 2.32. The first-order valence-electron chi connectivity index (χ1n) is 5.64. The van der Waals surface area contributed by atoms with Gasteiger partial charge in [-0.1, -0.05) is 23.7 Å². The highest BCUT2D eigenvalue weighted by molar-refractivity contribution is 6.33. The summed E-state index contributed by atoms with van der Waals surface area (Å²) in [6.07, 6.45) is 0. The van der Waals surface area contributed by atoms with Crippen molar-refractivity contribution in [2.75, 3.05) is 44.2 Å². The lowest BCUT2D eigenvalue weighted by Crippen LogP contribution is -2.47. The molecule has 16 heavy (non-hydrogen) atoms. The molecule has 0 bridgehead atoms. The van der Waals surface area contributed by atoms with E-state index in [0.29, 0.717) is 0 Å². The molecule has 1 aromatic carbocycles. The second-order valence-electron chi connectivity index (χ2n) is 4.00. The molecule has 4 heteroatoms. The number of nitrogens with zero attached hydrogens (tertiary/aromatic N) is 2. The van der Waals surface area contributed by atoms with Gasteiger partial charge in [-0.3, -0.25) is 4.90 Å². The molecular formula is C12H17ClN2O. The van der Waals surface area contributed by atoms with Gasteiger partial charge in [0, 0.05) is 32.7 Å². The Morgan fingerprint density at radius 2 is 1.81 bits per heavy atom. The lowest BCUT2D eigenvalue weighted by atomic mass is 10.2. The van der Waals surface area contributed by atoms with E-state index < -0.39 is 0 Å². The van der Waals surface area contributed by atoms with Crippen molar-refractivity contribution in [2.24, 2.45) is 0 Å². The number of anilines is 1. The van der Waals surface area contributed by atoms with Crippen LogP contribution in [0, 0.1) is 0 Å². The van der Waals surface area contributed by atoms with Gasteiger partial charge >= 0.3 is 0 Å². The molecule has 0 aliphatic carbocycles. The van der Waals surface area contributed by atoms with Crippen molar-refractivity contribution in [1.82, 2.24) is 4.90 Å². The molecule has 0 saturated carbocycles. The molecule has 0 radical (unpaired) electrons. The lowest BCUT2D eigenvalue weighted by molar-refractivity contribution is 0.189. The number of hydrogen-bond acceptors (Lipinski definition) is 3. The molecule has 88 valence electrons. The van der Waals surface area contributed by atoms with E-state index in [1.807, 2.05) is 18.2 Å². The third-order valence-corrected chi connectivity index (χ3v) is 3.30. The van der Waals surface area contributed by atoms with Gasteiger partial charge in [0.25, 0.3) is 0 Å². The molecular weight excluding hydrogens is 224 g/mol. The smallest absolute Gasteiger partial charge is 0.0639 e. The number of rotatable bonds is 3. The third kappa shape index (κ3) is 2.67. The topological polar surface area (TPSA) is 26.7 Å². The maximum Gasteiger partial charge on any atom is 0.0639 e. The standard InChI is InChI=1S/C12H17ClN2O/c13-11-3-1-2-4-12(11)15-7-5-14(6-8-15)9-10-16/h1-4,16H,5-10H2. The van der Waals surface area contributed by atoms with Gasteiger partial charge in [-0.05, 0) is 12.1 Å². The maximum atomic E-state index is 8.87. The Hall–Kier alpha value is -0.770. The zero-order valence-corrected chi connectivity index (χ0v) is 10.0. The van der Waals surface area contributed by atoms with Crippen molar-refractivity contribution >= 4 is 17.3 Å². The van der Waals surface area contributed by atoms with Crippen LogP contribution in [0.15, 0.2) is 24.3 Å². The first-order chi connectivity index (χ1) is 7.81. The van der Waals surface area contributed by atoms with Crippen LogP contribution in [0.5, 0.6) is 0 Å². The predicted octanol–water partition coefficient (Wildman–Crippen LogP) is 1.45. The first-order valence-corrected chi connectivity index (χ1v) is 6.02. The summed E-state index contributed by atoms with van der Waals surface area (Å²) >= 11 is 6.16. The summed E-state index contributed by atoms with van der Waals surface area (Å²) in [4.78, 5) is 4.57. The first kappa shape index (κ1) is 11.7. The molecule has 1 saturated heterocycles. The van der Waals surface area contributed by atoms with E-state index in [-0.39, 0.29) is 6.61 Å². The van der Waals surface area contributed by atoms with Gasteiger partial charge in [0.1, 0.15) is 0 Å². The lowest BCUT2D eigenvalue weighted by Gasteiger charge is -2.36. The monoisotopic (exact) mass is 240 g/mol. The minimum absolute atomic E-state index is 0.242. The maximum absolute atomic E-state index is 8.87. The van der Waals surface area contributed by atoms with E-state index >= 15 is 0 Å². The minimum Gasteiger partial charge on any atom is -0.395 e. The third-order valence-electron chi connectivity index (χ3n) is 2.98. The highest BCUT2D eigenvalue weighted by Gasteiger charge is 2.17. The number of aliphatic hydroxyl groups excluding tert-OH is 1. The summed E-state index contributed by atoms with van der Waals surface area (Å²) in [5.41, 5.74) is 1.12. The number of benzene rings is 1. The fraction of sp³-hybridized carbons (Fsp3) is 0.500. The Morgan fingerprint density at radius 3 is 2.44 bits per heavy atom. The van der Waals surface area contributed by atoms with Gasteiger partial charge in [0.05, 0.1) is 17.3 Å². The van der Waals surface area contributed by atoms with Crippen LogP contribution >= 0.6 is 11.6 Å². The van der Waals surface area contributed by atoms with Crippen LogP contribution in [-0.4, -0.2) is 49.3 Å². The summed E-state index contributed by atoms with van der Waals surface area (Å²) in [6, 6.07) is 7.95. The van der Waals surface area contributed by atoms with Crippen molar-refractivity contribution < 1.29 is 5.11 Å². The molecule has 0 unspecified atom stereocenters. The number of hydrogen-bond donors (Lipinski definition) is 1. The molecule has 0 spiro atoms. The van der Waals surface area contributed by atoms with Crippen LogP contribution in [0.25, 0.3) is 0 Å². The molecule has 1 N–H and O–H groups in total. The van der Waals surface area contributed by atoms with E-state index in [9.17, 15) is 0 Å². The van der Waals surface area contributed by atoms with Gasteiger partial charge in [-0.25, -0.2) is 0 Å². The Morgan fingerprint density at radius 1 is 1.12 bits per heavy atom. The highest BCUT2D eigenvalue weighted by atomic mass is 35.5. The van der Waals surface area contributed by atoms with Crippen molar-refractivity contribution in [2.45, 2.75) is 0 Å². The van der Waals surface area contributed by atoms with Crippen LogP contribution in [0.2, 0.25) is 5.02 Å². The van der Waals surface area contributed by atoms with Gasteiger partial charge in [0.2, 0.25) is 0 Å². The average molecular weight is 241 g/mol. The largest absolute Gasteiger partial charge is 0.395 e. The molecule has 3 nitrogen and oxygen atoms in total. The Kier molecular flexibility index (Phi) is 4.04. The van der Waals surface area contributed by atoms with Crippen LogP contribution < -0.4 is 4.90 Å². The molecule has 0 aromatic heterocycles. The van der Waals surface area contributed by atoms with Gasteiger partial charge in [-0.15, -0.1) is 0 Å². The van der Waals surface area contributed by atoms with E-state index in [1.54, 1.807) is 0 Å². The molecule has 0 atom stereocenters. The Labute approximate surface area is 101 Å². The molecule has 2 rings (SSSR count). The quantitative estimate of drug-likeness (QED) is 0.867. The van der Waals surface area contributed by atoms with Gasteiger partial charge < -0.3 is 10.0 Å². The van der Waals surface area contributed by atoms with E-state index in [0.717, 1.165) is 43.4 Å². The van der Waals surface area contributed by atoms with Crippen molar-refractivity contribution in [3.8, 4) is 0 Å². The summed E-state index contributed by atoms with van der Waals surface area (Å²) in [5.74, 6) is 0. The van der Waals surface area contributed by atoms with Gasteiger partial charge in [0.15, 0.2) is 0 Å².